The fourth-order valence-corrected chi connectivity index (χ4v) is 0.472. The molecule has 0 aliphatic carbocycles. The first kappa shape index (κ1) is 10.7. The average Bonchev–Trinajstić information content (AvgIpc) is 1.30. The molecule has 0 atom stereocenters. The maximum absolute atomic E-state index is 5.49. The summed E-state index contributed by atoms with van der Waals surface area (Å²) in [4.78, 5) is 0. The molecule has 1 aliphatic rings. The number of alkyl halides is 1. The van der Waals surface area contributed by atoms with Crippen molar-refractivity contribution in [1.82, 2.24) is 5.32 Å². The third-order valence-corrected chi connectivity index (χ3v) is 1.04. The van der Waals surface area contributed by atoms with Crippen LogP contribution in [-0.2, 0) is 0 Å². The van der Waals surface area contributed by atoms with Crippen LogP contribution in [-0.4, -0.2) is 18.5 Å². The van der Waals surface area contributed by atoms with Gasteiger partial charge in [-0.2, -0.15) is 0 Å². The van der Waals surface area contributed by atoms with Gasteiger partial charge < -0.3 is 5.32 Å². The van der Waals surface area contributed by atoms with Crippen LogP contribution in [0.25, 0.3) is 0 Å². The largest absolute Gasteiger partial charge is 0.314 e. The molecule has 0 spiro atoms. The SMILES string of the molecule is Cl.Cl.ClC1CNC1. The second kappa shape index (κ2) is 4.98. The predicted octanol–water partition coefficient (Wildman–Crippen LogP) is 1.04. The van der Waals surface area contributed by atoms with E-state index in [1.54, 1.807) is 0 Å². The third kappa shape index (κ3) is 3.42. The zero-order valence-electron chi connectivity index (χ0n) is 3.69. The Hall–Kier alpha value is 0.830. The highest BCUT2D eigenvalue weighted by Gasteiger charge is 2.10. The molecule has 1 fully saturated rings. The normalized spacial score (nSPS) is 18.4. The number of halogens is 3. The van der Waals surface area contributed by atoms with Crippen molar-refractivity contribution in [2.45, 2.75) is 5.38 Å². The maximum atomic E-state index is 5.49. The summed E-state index contributed by atoms with van der Waals surface area (Å²) in [7, 11) is 0. The Morgan fingerprint density at radius 2 is 1.57 bits per heavy atom. The zero-order valence-corrected chi connectivity index (χ0v) is 6.07. The molecule has 0 radical (unpaired) electrons. The van der Waals surface area contributed by atoms with Crippen molar-refractivity contribution in [2.24, 2.45) is 0 Å². The molecule has 1 nitrogen and oxygen atoms in total. The van der Waals surface area contributed by atoms with E-state index in [1.807, 2.05) is 0 Å². The Morgan fingerprint density at radius 3 is 1.57 bits per heavy atom. The van der Waals surface area contributed by atoms with Crippen LogP contribution in [0.1, 0.15) is 0 Å². The number of hydrogen-bond donors (Lipinski definition) is 1. The first-order valence-corrected chi connectivity index (χ1v) is 2.18. The number of rotatable bonds is 0. The van der Waals surface area contributed by atoms with Gasteiger partial charge >= 0.3 is 0 Å². The van der Waals surface area contributed by atoms with E-state index >= 15 is 0 Å². The van der Waals surface area contributed by atoms with Gasteiger partial charge in [0.15, 0.2) is 0 Å². The van der Waals surface area contributed by atoms with E-state index in [9.17, 15) is 0 Å². The van der Waals surface area contributed by atoms with Gasteiger partial charge in [0, 0.05) is 13.1 Å². The molecule has 0 amide bonds. The van der Waals surface area contributed by atoms with Crippen LogP contribution in [0.3, 0.4) is 0 Å². The Morgan fingerprint density at radius 1 is 1.29 bits per heavy atom. The van der Waals surface area contributed by atoms with Gasteiger partial charge in [-0.05, 0) is 0 Å². The minimum atomic E-state index is 0. The molecule has 0 bridgehead atoms. The van der Waals surface area contributed by atoms with Crippen molar-refractivity contribution in [1.29, 1.82) is 0 Å². The van der Waals surface area contributed by atoms with Gasteiger partial charge in [0.05, 0.1) is 5.38 Å². The average molecular weight is 164 g/mol. The van der Waals surface area contributed by atoms with E-state index in [0.717, 1.165) is 13.1 Å². The van der Waals surface area contributed by atoms with Gasteiger partial charge in [-0.3, -0.25) is 0 Å². The highest BCUT2D eigenvalue weighted by atomic mass is 35.5. The van der Waals surface area contributed by atoms with Crippen LogP contribution < -0.4 is 5.32 Å². The summed E-state index contributed by atoms with van der Waals surface area (Å²) in [5, 5.41) is 3.45. The summed E-state index contributed by atoms with van der Waals surface area (Å²) in [5.41, 5.74) is 0. The molecule has 0 unspecified atom stereocenters. The van der Waals surface area contributed by atoms with E-state index in [2.05, 4.69) is 5.32 Å². The van der Waals surface area contributed by atoms with Crippen molar-refractivity contribution in [3.05, 3.63) is 0 Å². The Kier molecular flexibility index (Phi) is 7.64. The minimum absolute atomic E-state index is 0. The second-order valence-electron chi connectivity index (χ2n) is 1.26. The van der Waals surface area contributed by atoms with Crippen molar-refractivity contribution in [3.8, 4) is 0 Å². The van der Waals surface area contributed by atoms with Crippen LogP contribution >= 0.6 is 36.4 Å². The predicted molar refractivity (Wildman–Crippen MR) is 37.0 cm³/mol. The van der Waals surface area contributed by atoms with E-state index in [1.165, 1.54) is 0 Å². The highest BCUT2D eigenvalue weighted by Crippen LogP contribution is 1.97. The lowest BCUT2D eigenvalue weighted by Crippen LogP contribution is -2.42. The molecule has 1 saturated heterocycles. The Bertz CT molecular complexity index is 37.2. The molecule has 0 saturated carbocycles. The molecule has 0 aromatic carbocycles. The third-order valence-electron chi connectivity index (χ3n) is 0.732. The molecule has 0 aromatic rings. The molecule has 1 heterocycles. The molecule has 1 N–H and O–H groups in total. The minimum Gasteiger partial charge on any atom is -0.314 e. The summed E-state index contributed by atoms with van der Waals surface area (Å²) >= 11 is 5.49. The first-order chi connectivity index (χ1) is 2.39. The van der Waals surface area contributed by atoms with Crippen LogP contribution in [0, 0.1) is 0 Å². The molecular weight excluding hydrogens is 156 g/mol. The molecule has 7 heavy (non-hydrogen) atoms. The van der Waals surface area contributed by atoms with Gasteiger partial charge in [-0.25, -0.2) is 0 Å². The summed E-state index contributed by atoms with van der Waals surface area (Å²) in [6.07, 6.45) is 0. The number of nitrogens with one attached hydrogen (secondary N) is 1. The fourth-order valence-electron chi connectivity index (χ4n) is 0.253. The molecule has 46 valence electrons. The molecule has 1 aliphatic heterocycles. The zero-order chi connectivity index (χ0) is 3.70. The highest BCUT2D eigenvalue weighted by molar-refractivity contribution is 6.21. The summed E-state index contributed by atoms with van der Waals surface area (Å²) in [6, 6.07) is 0. The van der Waals surface area contributed by atoms with Crippen molar-refractivity contribution >= 4 is 36.4 Å². The molecule has 1 rings (SSSR count). The molecular formula is C3H8Cl3N. The van der Waals surface area contributed by atoms with E-state index in [-0.39, 0.29) is 24.8 Å². The van der Waals surface area contributed by atoms with Gasteiger partial charge in [-0.1, -0.05) is 0 Å². The standard InChI is InChI=1S/C3H6ClN.2ClH/c4-3-1-5-2-3;;/h3,5H,1-2H2;2*1H. The lowest BCUT2D eigenvalue weighted by atomic mass is 10.3. The van der Waals surface area contributed by atoms with E-state index in [0.29, 0.717) is 5.38 Å². The van der Waals surface area contributed by atoms with E-state index in [4.69, 9.17) is 11.6 Å². The van der Waals surface area contributed by atoms with Gasteiger partial charge in [0.25, 0.3) is 0 Å². The van der Waals surface area contributed by atoms with E-state index < -0.39 is 0 Å². The van der Waals surface area contributed by atoms with Gasteiger partial charge in [0.2, 0.25) is 0 Å². The van der Waals surface area contributed by atoms with Crippen LogP contribution in [0.4, 0.5) is 0 Å². The molecule has 0 aromatic heterocycles. The van der Waals surface area contributed by atoms with Crippen LogP contribution in [0.5, 0.6) is 0 Å². The summed E-state index contributed by atoms with van der Waals surface area (Å²) in [6.45, 7) is 2.00. The van der Waals surface area contributed by atoms with Crippen molar-refractivity contribution < 1.29 is 0 Å². The quantitative estimate of drug-likeness (QED) is 0.528. The van der Waals surface area contributed by atoms with Gasteiger partial charge in [0.1, 0.15) is 0 Å². The Labute approximate surface area is 60.6 Å². The maximum Gasteiger partial charge on any atom is 0.0585 e. The fraction of sp³-hybridized carbons (Fsp3) is 1.00. The van der Waals surface area contributed by atoms with Crippen LogP contribution in [0.2, 0.25) is 0 Å². The monoisotopic (exact) mass is 163 g/mol. The van der Waals surface area contributed by atoms with Crippen molar-refractivity contribution in [3.63, 3.8) is 0 Å². The second-order valence-corrected chi connectivity index (χ2v) is 1.87. The summed E-state index contributed by atoms with van der Waals surface area (Å²) in [5.74, 6) is 0. The lowest BCUT2D eigenvalue weighted by Gasteiger charge is -2.19. The summed E-state index contributed by atoms with van der Waals surface area (Å²) < 4.78 is 0. The molecule has 4 heteroatoms. The lowest BCUT2D eigenvalue weighted by molar-refractivity contribution is 0.536. The van der Waals surface area contributed by atoms with Crippen molar-refractivity contribution in [2.75, 3.05) is 13.1 Å². The topological polar surface area (TPSA) is 12.0 Å². The number of hydrogen-bond acceptors (Lipinski definition) is 1. The smallest absolute Gasteiger partial charge is 0.0585 e. The van der Waals surface area contributed by atoms with Gasteiger partial charge in [-0.15, -0.1) is 36.4 Å². The van der Waals surface area contributed by atoms with Crippen LogP contribution in [0.15, 0.2) is 0 Å². The Balaban J connectivity index is 0. The first-order valence-electron chi connectivity index (χ1n) is 1.74.